The highest BCUT2D eigenvalue weighted by Gasteiger charge is 2.44. The Bertz CT molecular complexity index is 330. The molecule has 0 radical (unpaired) electrons. The Kier molecular flexibility index (Phi) is 4.73. The van der Waals surface area contributed by atoms with Gasteiger partial charge in [0.25, 0.3) is 0 Å². The van der Waals surface area contributed by atoms with E-state index in [1.54, 1.807) is 18.7 Å². The molecule has 2 amide bonds. The molecule has 104 valence electrons. The van der Waals surface area contributed by atoms with Crippen molar-refractivity contribution < 1.29 is 9.59 Å². The Hall–Kier alpha value is -1.10. The summed E-state index contributed by atoms with van der Waals surface area (Å²) in [6, 6.07) is -0.362. The van der Waals surface area contributed by atoms with Crippen LogP contribution in [0.2, 0.25) is 0 Å². The van der Waals surface area contributed by atoms with Crippen molar-refractivity contribution in [3.8, 4) is 0 Å². The third kappa shape index (κ3) is 3.02. The fourth-order valence-corrected chi connectivity index (χ4v) is 2.16. The molecule has 1 heterocycles. The van der Waals surface area contributed by atoms with Gasteiger partial charge in [0, 0.05) is 6.54 Å². The van der Waals surface area contributed by atoms with Crippen LogP contribution in [-0.2, 0) is 9.59 Å². The largest absolute Gasteiger partial charge is 0.340 e. The summed E-state index contributed by atoms with van der Waals surface area (Å²) in [6.45, 7) is 7.07. The average molecular weight is 255 g/mol. The molecule has 1 fully saturated rings. The second-order valence-corrected chi connectivity index (χ2v) is 5.51. The van der Waals surface area contributed by atoms with Crippen LogP contribution < -0.4 is 5.32 Å². The maximum atomic E-state index is 12.4. The topological polar surface area (TPSA) is 52.7 Å². The number of rotatable bonds is 5. The van der Waals surface area contributed by atoms with Crippen molar-refractivity contribution in [2.75, 3.05) is 27.2 Å². The molecule has 2 unspecified atom stereocenters. The summed E-state index contributed by atoms with van der Waals surface area (Å²) in [4.78, 5) is 28.1. The molecule has 1 saturated heterocycles. The van der Waals surface area contributed by atoms with Crippen LogP contribution in [0.15, 0.2) is 0 Å². The number of amides is 2. The third-order valence-corrected chi connectivity index (χ3v) is 3.69. The van der Waals surface area contributed by atoms with Crippen LogP contribution in [0.4, 0.5) is 0 Å². The highest BCUT2D eigenvalue weighted by molar-refractivity contribution is 5.99. The number of carbonyl (C=O) groups is 2. The predicted octanol–water partition coefficient (Wildman–Crippen LogP) is 0.454. The zero-order valence-corrected chi connectivity index (χ0v) is 12.1. The highest BCUT2D eigenvalue weighted by Crippen LogP contribution is 2.21. The van der Waals surface area contributed by atoms with Crippen molar-refractivity contribution in [3.05, 3.63) is 0 Å². The number of hydrogen-bond acceptors (Lipinski definition) is 3. The summed E-state index contributed by atoms with van der Waals surface area (Å²) in [5.74, 6) is -0.0142. The van der Waals surface area contributed by atoms with E-state index in [9.17, 15) is 9.59 Å². The Morgan fingerprint density at radius 2 is 2.00 bits per heavy atom. The van der Waals surface area contributed by atoms with E-state index < -0.39 is 5.54 Å². The summed E-state index contributed by atoms with van der Waals surface area (Å²) in [6.07, 6.45) is 1.50. The standard InChI is InChI=1S/C13H25N3O2/c1-6-13(3)12(18)16(9-7-8-15(4)5)10(2)11(17)14-13/h10H,6-9H2,1-5H3,(H,14,17). The second kappa shape index (κ2) is 5.69. The summed E-state index contributed by atoms with van der Waals surface area (Å²) >= 11 is 0. The smallest absolute Gasteiger partial charge is 0.248 e. The monoisotopic (exact) mass is 255 g/mol. The zero-order valence-electron chi connectivity index (χ0n) is 12.1. The van der Waals surface area contributed by atoms with Crippen LogP contribution in [0, 0.1) is 0 Å². The molecule has 0 aromatic rings. The van der Waals surface area contributed by atoms with Crippen molar-refractivity contribution in [1.82, 2.24) is 15.1 Å². The lowest BCUT2D eigenvalue weighted by Crippen LogP contribution is -2.68. The van der Waals surface area contributed by atoms with E-state index in [1.165, 1.54) is 0 Å². The second-order valence-electron chi connectivity index (χ2n) is 5.51. The molecule has 0 aromatic carbocycles. The van der Waals surface area contributed by atoms with Gasteiger partial charge in [-0.2, -0.15) is 0 Å². The van der Waals surface area contributed by atoms with E-state index in [2.05, 4.69) is 10.2 Å². The van der Waals surface area contributed by atoms with Crippen LogP contribution in [0.3, 0.4) is 0 Å². The summed E-state index contributed by atoms with van der Waals surface area (Å²) < 4.78 is 0. The van der Waals surface area contributed by atoms with E-state index in [0.29, 0.717) is 13.0 Å². The number of piperazine rings is 1. The van der Waals surface area contributed by atoms with E-state index in [1.807, 2.05) is 21.0 Å². The Balaban J connectivity index is 2.73. The van der Waals surface area contributed by atoms with Crippen LogP contribution in [-0.4, -0.2) is 60.4 Å². The molecule has 0 saturated carbocycles. The molecule has 2 atom stereocenters. The van der Waals surface area contributed by atoms with Gasteiger partial charge >= 0.3 is 0 Å². The van der Waals surface area contributed by atoms with Gasteiger partial charge in [0.15, 0.2) is 0 Å². The van der Waals surface area contributed by atoms with Crippen molar-refractivity contribution in [3.63, 3.8) is 0 Å². The zero-order chi connectivity index (χ0) is 13.9. The van der Waals surface area contributed by atoms with E-state index in [-0.39, 0.29) is 17.9 Å². The van der Waals surface area contributed by atoms with Crippen molar-refractivity contribution in [2.24, 2.45) is 0 Å². The summed E-state index contributed by atoms with van der Waals surface area (Å²) in [5.41, 5.74) is -0.734. The molecule has 5 nitrogen and oxygen atoms in total. The lowest BCUT2D eigenvalue weighted by molar-refractivity contribution is -0.153. The van der Waals surface area contributed by atoms with Crippen LogP contribution in [0.25, 0.3) is 0 Å². The minimum Gasteiger partial charge on any atom is -0.340 e. The van der Waals surface area contributed by atoms with Gasteiger partial charge < -0.3 is 15.1 Å². The van der Waals surface area contributed by atoms with Crippen LogP contribution >= 0.6 is 0 Å². The minimum atomic E-state index is -0.734. The van der Waals surface area contributed by atoms with Gasteiger partial charge in [-0.05, 0) is 47.3 Å². The van der Waals surface area contributed by atoms with Crippen LogP contribution in [0.1, 0.15) is 33.6 Å². The number of nitrogens with one attached hydrogen (secondary N) is 1. The quantitative estimate of drug-likeness (QED) is 0.776. The fraction of sp³-hybridized carbons (Fsp3) is 0.846. The normalized spacial score (nSPS) is 28.8. The minimum absolute atomic E-state index is 0.0378. The maximum absolute atomic E-state index is 12.4. The predicted molar refractivity (Wildman–Crippen MR) is 71.2 cm³/mol. The molecule has 1 aliphatic rings. The first-order valence-electron chi connectivity index (χ1n) is 6.59. The molecular weight excluding hydrogens is 230 g/mol. The van der Waals surface area contributed by atoms with Gasteiger partial charge in [-0.15, -0.1) is 0 Å². The molecule has 5 heteroatoms. The van der Waals surface area contributed by atoms with Gasteiger partial charge in [-0.3, -0.25) is 9.59 Å². The summed E-state index contributed by atoms with van der Waals surface area (Å²) in [7, 11) is 4.01. The van der Waals surface area contributed by atoms with Gasteiger partial charge in [0.1, 0.15) is 11.6 Å². The third-order valence-electron chi connectivity index (χ3n) is 3.69. The van der Waals surface area contributed by atoms with Gasteiger partial charge in [0.05, 0.1) is 0 Å². The fourth-order valence-electron chi connectivity index (χ4n) is 2.16. The average Bonchev–Trinajstić information content (AvgIpc) is 2.31. The molecule has 0 spiro atoms. The SMILES string of the molecule is CCC1(C)NC(=O)C(C)N(CCCN(C)C)C1=O. The molecule has 18 heavy (non-hydrogen) atoms. The van der Waals surface area contributed by atoms with Gasteiger partial charge in [-0.1, -0.05) is 6.92 Å². The number of carbonyl (C=O) groups excluding carboxylic acids is 2. The molecule has 0 aromatic heterocycles. The summed E-state index contributed by atoms with van der Waals surface area (Å²) in [5, 5.41) is 2.83. The molecular formula is C13H25N3O2. The Morgan fingerprint density at radius 3 is 2.50 bits per heavy atom. The lowest BCUT2D eigenvalue weighted by Gasteiger charge is -2.43. The maximum Gasteiger partial charge on any atom is 0.248 e. The van der Waals surface area contributed by atoms with E-state index >= 15 is 0 Å². The molecule has 1 rings (SSSR count). The molecule has 0 aliphatic carbocycles. The number of hydrogen-bond donors (Lipinski definition) is 1. The first kappa shape index (κ1) is 15.0. The molecule has 0 bridgehead atoms. The Labute approximate surface area is 110 Å². The van der Waals surface area contributed by atoms with E-state index in [0.717, 1.165) is 13.0 Å². The van der Waals surface area contributed by atoms with Crippen molar-refractivity contribution >= 4 is 11.8 Å². The lowest BCUT2D eigenvalue weighted by atomic mass is 9.92. The molecule has 1 N–H and O–H groups in total. The molecule has 1 aliphatic heterocycles. The first-order chi connectivity index (χ1) is 8.31. The van der Waals surface area contributed by atoms with Gasteiger partial charge in [0.2, 0.25) is 11.8 Å². The first-order valence-corrected chi connectivity index (χ1v) is 6.59. The highest BCUT2D eigenvalue weighted by atomic mass is 16.2. The van der Waals surface area contributed by atoms with Gasteiger partial charge in [-0.25, -0.2) is 0 Å². The van der Waals surface area contributed by atoms with Crippen molar-refractivity contribution in [1.29, 1.82) is 0 Å². The van der Waals surface area contributed by atoms with E-state index in [4.69, 9.17) is 0 Å². The number of nitrogens with zero attached hydrogens (tertiary/aromatic N) is 2. The van der Waals surface area contributed by atoms with Crippen molar-refractivity contribution in [2.45, 2.75) is 45.2 Å². The Morgan fingerprint density at radius 1 is 1.39 bits per heavy atom. The van der Waals surface area contributed by atoms with Crippen LogP contribution in [0.5, 0.6) is 0 Å².